The Labute approximate surface area is 148 Å². The predicted molar refractivity (Wildman–Crippen MR) is 96.8 cm³/mol. The van der Waals surface area contributed by atoms with E-state index in [0.717, 1.165) is 24.2 Å². The van der Waals surface area contributed by atoms with Crippen molar-refractivity contribution in [2.45, 2.75) is 32.2 Å². The molecule has 0 spiro atoms. The number of Topliss-reactive ketones (excluding diaryl/α,β-unsaturated/α-hetero) is 1. The van der Waals surface area contributed by atoms with E-state index in [1.54, 1.807) is 4.90 Å². The number of carbonyl (C=O) groups is 2. The lowest BCUT2D eigenvalue weighted by molar-refractivity contribution is -0.130. The van der Waals surface area contributed by atoms with E-state index < -0.39 is 0 Å². The molecular formula is C21H23NO3. The number of rotatable bonds is 6. The second-order valence-corrected chi connectivity index (χ2v) is 6.23. The Morgan fingerprint density at radius 3 is 2.48 bits per heavy atom. The summed E-state index contributed by atoms with van der Waals surface area (Å²) < 4.78 is 5.42. The Morgan fingerprint density at radius 1 is 1.08 bits per heavy atom. The Bertz CT molecular complexity index is 725. The first-order valence-corrected chi connectivity index (χ1v) is 8.79. The van der Waals surface area contributed by atoms with Gasteiger partial charge in [-0.15, -0.1) is 0 Å². The first-order valence-electron chi connectivity index (χ1n) is 8.79. The van der Waals surface area contributed by atoms with Crippen LogP contribution >= 0.6 is 0 Å². The third kappa shape index (κ3) is 4.08. The summed E-state index contributed by atoms with van der Waals surface area (Å²) in [5.41, 5.74) is 1.61. The van der Waals surface area contributed by atoms with E-state index in [9.17, 15) is 9.59 Å². The zero-order valence-electron chi connectivity index (χ0n) is 14.5. The highest BCUT2D eigenvalue weighted by atomic mass is 16.5. The highest BCUT2D eigenvalue weighted by molar-refractivity contribution is 6.02. The fourth-order valence-corrected chi connectivity index (χ4v) is 3.28. The molecule has 4 heteroatoms. The zero-order chi connectivity index (χ0) is 17.6. The minimum Gasteiger partial charge on any atom is -0.494 e. The summed E-state index contributed by atoms with van der Waals surface area (Å²) in [6.07, 6.45) is 1.92. The predicted octanol–water partition coefficient (Wildman–Crippen LogP) is 3.50. The van der Waals surface area contributed by atoms with Crippen LogP contribution < -0.4 is 4.74 Å². The number of amides is 1. The molecule has 0 saturated carbocycles. The summed E-state index contributed by atoms with van der Waals surface area (Å²) >= 11 is 0. The van der Waals surface area contributed by atoms with Crippen LogP contribution in [0.4, 0.5) is 0 Å². The summed E-state index contributed by atoms with van der Waals surface area (Å²) in [4.78, 5) is 27.2. The molecule has 1 fully saturated rings. The van der Waals surface area contributed by atoms with E-state index in [1.807, 2.05) is 61.5 Å². The normalized spacial score (nSPS) is 16.7. The maximum atomic E-state index is 12.7. The van der Waals surface area contributed by atoms with E-state index in [1.165, 1.54) is 0 Å². The average molecular weight is 337 g/mol. The van der Waals surface area contributed by atoms with E-state index in [4.69, 9.17) is 4.74 Å². The van der Waals surface area contributed by atoms with Crippen molar-refractivity contribution in [1.29, 1.82) is 0 Å². The SMILES string of the molecule is CCOc1ccc(CC(=O)N2CCCC2C(=O)c2ccccc2)cc1. The van der Waals surface area contributed by atoms with Crippen molar-refractivity contribution in [2.75, 3.05) is 13.2 Å². The van der Waals surface area contributed by atoms with E-state index in [-0.39, 0.29) is 17.7 Å². The number of carbonyl (C=O) groups excluding carboxylic acids is 2. The van der Waals surface area contributed by atoms with Crippen LogP contribution in [0.5, 0.6) is 5.75 Å². The van der Waals surface area contributed by atoms with E-state index >= 15 is 0 Å². The number of ketones is 1. The molecule has 25 heavy (non-hydrogen) atoms. The lowest BCUT2D eigenvalue weighted by Gasteiger charge is -2.24. The maximum Gasteiger partial charge on any atom is 0.227 e. The van der Waals surface area contributed by atoms with Crippen molar-refractivity contribution >= 4 is 11.7 Å². The Morgan fingerprint density at radius 2 is 1.80 bits per heavy atom. The fraction of sp³-hybridized carbons (Fsp3) is 0.333. The third-order valence-corrected chi connectivity index (χ3v) is 4.52. The molecule has 3 rings (SSSR count). The molecule has 1 aliphatic heterocycles. The molecule has 130 valence electrons. The van der Waals surface area contributed by atoms with Crippen LogP contribution in [0, 0.1) is 0 Å². The number of hydrogen-bond acceptors (Lipinski definition) is 3. The van der Waals surface area contributed by atoms with Crippen molar-refractivity contribution < 1.29 is 14.3 Å². The summed E-state index contributed by atoms with van der Waals surface area (Å²) in [6.45, 7) is 3.21. The highest BCUT2D eigenvalue weighted by Crippen LogP contribution is 2.23. The molecule has 2 aromatic rings. The Hall–Kier alpha value is -2.62. The molecule has 1 atom stereocenters. The Balaban J connectivity index is 1.67. The van der Waals surface area contributed by atoms with Gasteiger partial charge in [-0.2, -0.15) is 0 Å². The monoisotopic (exact) mass is 337 g/mol. The average Bonchev–Trinajstić information content (AvgIpc) is 3.13. The van der Waals surface area contributed by atoms with Gasteiger partial charge < -0.3 is 9.64 Å². The van der Waals surface area contributed by atoms with Gasteiger partial charge in [0.2, 0.25) is 5.91 Å². The molecule has 0 N–H and O–H groups in total. The lowest BCUT2D eigenvalue weighted by Crippen LogP contribution is -2.41. The quantitative estimate of drug-likeness (QED) is 0.758. The van der Waals surface area contributed by atoms with Gasteiger partial charge in [0.15, 0.2) is 5.78 Å². The van der Waals surface area contributed by atoms with Gasteiger partial charge in [0.1, 0.15) is 5.75 Å². The summed E-state index contributed by atoms with van der Waals surface area (Å²) in [5.74, 6) is 0.853. The first kappa shape index (κ1) is 17.2. The molecule has 1 amide bonds. The van der Waals surface area contributed by atoms with Crippen molar-refractivity contribution in [1.82, 2.24) is 4.90 Å². The zero-order valence-corrected chi connectivity index (χ0v) is 14.5. The standard InChI is InChI=1S/C21H23NO3/c1-2-25-18-12-10-16(11-13-18)15-20(23)22-14-6-9-19(22)21(24)17-7-4-3-5-8-17/h3-5,7-8,10-13,19H,2,6,9,14-15H2,1H3. The molecule has 0 aromatic heterocycles. The second kappa shape index (κ2) is 7.97. The molecule has 1 heterocycles. The van der Waals surface area contributed by atoms with Crippen LogP contribution in [-0.4, -0.2) is 35.8 Å². The molecule has 0 aliphatic carbocycles. The molecule has 4 nitrogen and oxygen atoms in total. The van der Waals surface area contributed by atoms with E-state index in [0.29, 0.717) is 25.1 Å². The van der Waals surface area contributed by atoms with E-state index in [2.05, 4.69) is 0 Å². The van der Waals surface area contributed by atoms with Crippen LogP contribution in [0.15, 0.2) is 54.6 Å². The maximum absolute atomic E-state index is 12.7. The third-order valence-electron chi connectivity index (χ3n) is 4.52. The van der Waals surface area contributed by atoms with Crippen LogP contribution in [-0.2, 0) is 11.2 Å². The lowest BCUT2D eigenvalue weighted by atomic mass is 10.0. The summed E-state index contributed by atoms with van der Waals surface area (Å²) in [6, 6.07) is 16.5. The van der Waals surface area contributed by atoms with Crippen LogP contribution in [0.3, 0.4) is 0 Å². The second-order valence-electron chi connectivity index (χ2n) is 6.23. The smallest absolute Gasteiger partial charge is 0.227 e. The summed E-state index contributed by atoms with van der Waals surface area (Å²) in [5, 5.41) is 0. The van der Waals surface area contributed by atoms with Crippen LogP contribution in [0.1, 0.15) is 35.7 Å². The molecule has 0 radical (unpaired) electrons. The molecule has 1 saturated heterocycles. The van der Waals surface area contributed by atoms with Crippen molar-refractivity contribution in [3.63, 3.8) is 0 Å². The minimum atomic E-state index is -0.336. The van der Waals surface area contributed by atoms with Gasteiger partial charge in [-0.05, 0) is 37.5 Å². The number of nitrogens with zero attached hydrogens (tertiary/aromatic N) is 1. The van der Waals surface area contributed by atoms with Gasteiger partial charge in [0, 0.05) is 12.1 Å². The number of benzene rings is 2. The molecule has 1 aliphatic rings. The number of hydrogen-bond donors (Lipinski definition) is 0. The van der Waals surface area contributed by atoms with Crippen molar-refractivity contribution in [3.8, 4) is 5.75 Å². The van der Waals surface area contributed by atoms with Crippen molar-refractivity contribution in [2.24, 2.45) is 0 Å². The van der Waals surface area contributed by atoms with Gasteiger partial charge in [0.05, 0.1) is 19.1 Å². The van der Waals surface area contributed by atoms with Gasteiger partial charge in [-0.25, -0.2) is 0 Å². The van der Waals surface area contributed by atoms with Crippen LogP contribution in [0.25, 0.3) is 0 Å². The van der Waals surface area contributed by atoms with Crippen molar-refractivity contribution in [3.05, 3.63) is 65.7 Å². The summed E-state index contributed by atoms with van der Waals surface area (Å²) in [7, 11) is 0. The van der Waals surface area contributed by atoms with Gasteiger partial charge in [-0.1, -0.05) is 42.5 Å². The minimum absolute atomic E-state index is 0.0101. The molecule has 2 aromatic carbocycles. The molecular weight excluding hydrogens is 314 g/mol. The topological polar surface area (TPSA) is 46.6 Å². The molecule has 1 unspecified atom stereocenters. The van der Waals surface area contributed by atoms with Crippen LogP contribution in [0.2, 0.25) is 0 Å². The van der Waals surface area contributed by atoms with Gasteiger partial charge in [0.25, 0.3) is 0 Å². The molecule has 0 bridgehead atoms. The fourth-order valence-electron chi connectivity index (χ4n) is 3.28. The van der Waals surface area contributed by atoms with Gasteiger partial charge >= 0.3 is 0 Å². The number of ether oxygens (including phenoxy) is 1. The highest BCUT2D eigenvalue weighted by Gasteiger charge is 2.34. The number of likely N-dealkylation sites (tertiary alicyclic amines) is 1. The largest absolute Gasteiger partial charge is 0.494 e. The Kier molecular flexibility index (Phi) is 5.49. The van der Waals surface area contributed by atoms with Gasteiger partial charge in [-0.3, -0.25) is 9.59 Å². The first-order chi connectivity index (χ1) is 12.2.